The van der Waals surface area contributed by atoms with E-state index < -0.39 is 0 Å². The van der Waals surface area contributed by atoms with Crippen LogP contribution in [-0.4, -0.2) is 17.5 Å². The van der Waals surface area contributed by atoms with Gasteiger partial charge in [0.2, 0.25) is 0 Å². The lowest BCUT2D eigenvalue weighted by Gasteiger charge is -2.09. The van der Waals surface area contributed by atoms with Crippen molar-refractivity contribution in [3.8, 4) is 5.75 Å². The third kappa shape index (κ3) is 3.49. The van der Waals surface area contributed by atoms with Crippen molar-refractivity contribution in [3.05, 3.63) is 51.7 Å². The number of amides is 1. The van der Waals surface area contributed by atoms with E-state index >= 15 is 0 Å². The van der Waals surface area contributed by atoms with Crippen LogP contribution in [0, 0.1) is 0 Å². The summed E-state index contributed by atoms with van der Waals surface area (Å²) in [5, 5.41) is 3.19. The predicted octanol–water partition coefficient (Wildman–Crippen LogP) is 4.15. The van der Waals surface area contributed by atoms with Gasteiger partial charge >= 0.3 is 0 Å². The van der Waals surface area contributed by atoms with Gasteiger partial charge in [-0.05, 0) is 53.2 Å². The van der Waals surface area contributed by atoms with Crippen molar-refractivity contribution in [1.82, 2.24) is 4.98 Å². The molecule has 2 rings (SSSR count). The molecule has 104 valence electrons. The summed E-state index contributed by atoms with van der Waals surface area (Å²) in [5.74, 6) is 0.281. The smallest absolute Gasteiger partial charge is 0.275 e. The van der Waals surface area contributed by atoms with E-state index in [4.69, 9.17) is 16.3 Å². The van der Waals surface area contributed by atoms with Gasteiger partial charge in [0.05, 0.1) is 11.6 Å². The topological polar surface area (TPSA) is 51.2 Å². The summed E-state index contributed by atoms with van der Waals surface area (Å²) < 4.78 is 5.97. The highest BCUT2D eigenvalue weighted by Crippen LogP contribution is 2.28. The van der Waals surface area contributed by atoms with Gasteiger partial charge in [0.15, 0.2) is 0 Å². The number of rotatable bonds is 4. The number of hydrogen-bond acceptors (Lipinski definition) is 3. The zero-order valence-electron chi connectivity index (χ0n) is 10.7. The molecule has 0 saturated heterocycles. The maximum atomic E-state index is 12.1. The number of benzene rings is 1. The Kier molecular flexibility index (Phi) is 4.98. The Morgan fingerprint density at radius 1 is 1.45 bits per heavy atom. The van der Waals surface area contributed by atoms with Gasteiger partial charge in [-0.25, -0.2) is 4.98 Å². The fraction of sp³-hybridized carbons (Fsp3) is 0.143. The molecule has 2 aromatic rings. The van der Waals surface area contributed by atoms with Crippen LogP contribution in [0.4, 0.5) is 5.69 Å². The molecule has 0 saturated carbocycles. The molecule has 4 nitrogen and oxygen atoms in total. The highest BCUT2D eigenvalue weighted by Gasteiger charge is 2.12. The third-order valence-electron chi connectivity index (χ3n) is 2.46. The maximum absolute atomic E-state index is 12.1. The number of hydrogen-bond donors (Lipinski definition) is 1. The number of halogens is 2. The van der Waals surface area contributed by atoms with Crippen LogP contribution in [0.3, 0.4) is 0 Å². The molecule has 1 N–H and O–H groups in total. The molecule has 1 aromatic carbocycles. The van der Waals surface area contributed by atoms with Gasteiger partial charge in [-0.1, -0.05) is 11.6 Å². The largest absolute Gasteiger partial charge is 0.492 e. The van der Waals surface area contributed by atoms with Crippen molar-refractivity contribution in [1.29, 1.82) is 0 Å². The first-order valence-electron chi connectivity index (χ1n) is 5.96. The Labute approximate surface area is 130 Å². The Morgan fingerprint density at radius 3 is 2.90 bits per heavy atom. The van der Waals surface area contributed by atoms with E-state index in [1.807, 2.05) is 6.92 Å². The van der Waals surface area contributed by atoms with Crippen LogP contribution in [0.1, 0.15) is 17.4 Å². The van der Waals surface area contributed by atoms with Crippen molar-refractivity contribution < 1.29 is 9.53 Å². The SMILES string of the molecule is CCOc1ccc(NC(=O)c2ncccc2Br)cc1Cl. The van der Waals surface area contributed by atoms with Crippen LogP contribution in [0.2, 0.25) is 5.02 Å². The molecular weight excluding hydrogens is 344 g/mol. The first-order valence-corrected chi connectivity index (χ1v) is 7.13. The first kappa shape index (κ1) is 14.8. The summed E-state index contributed by atoms with van der Waals surface area (Å²) in [5.41, 5.74) is 0.901. The van der Waals surface area contributed by atoms with Crippen molar-refractivity contribution in [2.75, 3.05) is 11.9 Å². The number of pyridine rings is 1. The summed E-state index contributed by atoms with van der Waals surface area (Å²) in [6, 6.07) is 8.59. The minimum absolute atomic E-state index is 0.308. The average Bonchev–Trinajstić information content (AvgIpc) is 2.42. The molecule has 0 aliphatic rings. The van der Waals surface area contributed by atoms with Crippen LogP contribution in [0.25, 0.3) is 0 Å². The number of aromatic nitrogens is 1. The number of nitrogens with one attached hydrogen (secondary N) is 1. The summed E-state index contributed by atoms with van der Waals surface area (Å²) in [7, 11) is 0. The quantitative estimate of drug-likeness (QED) is 0.896. The van der Waals surface area contributed by atoms with Crippen LogP contribution in [0.5, 0.6) is 5.75 Å². The second-order valence-corrected chi connectivity index (χ2v) is 5.13. The predicted molar refractivity (Wildman–Crippen MR) is 82.5 cm³/mol. The molecular formula is C14H12BrClN2O2. The minimum atomic E-state index is -0.308. The van der Waals surface area contributed by atoms with Gasteiger partial charge in [0, 0.05) is 16.4 Å². The molecule has 0 atom stereocenters. The summed E-state index contributed by atoms with van der Waals surface area (Å²) in [4.78, 5) is 16.1. The lowest BCUT2D eigenvalue weighted by Crippen LogP contribution is -2.14. The fourth-order valence-corrected chi connectivity index (χ4v) is 2.26. The number of ether oxygens (including phenoxy) is 1. The van der Waals surface area contributed by atoms with E-state index in [9.17, 15) is 4.79 Å². The highest BCUT2D eigenvalue weighted by atomic mass is 79.9. The normalized spacial score (nSPS) is 10.2. The summed E-state index contributed by atoms with van der Waals surface area (Å²) in [6.07, 6.45) is 1.56. The second kappa shape index (κ2) is 6.72. The molecule has 0 fully saturated rings. The van der Waals surface area contributed by atoms with Crippen molar-refractivity contribution >= 4 is 39.1 Å². The van der Waals surface area contributed by atoms with Crippen LogP contribution in [-0.2, 0) is 0 Å². The van der Waals surface area contributed by atoms with Crippen molar-refractivity contribution in [2.45, 2.75) is 6.92 Å². The first-order chi connectivity index (χ1) is 9.61. The van der Waals surface area contributed by atoms with Gasteiger partial charge in [0.25, 0.3) is 5.91 Å². The summed E-state index contributed by atoms with van der Waals surface area (Å²) in [6.45, 7) is 2.41. The lowest BCUT2D eigenvalue weighted by molar-refractivity contribution is 0.102. The lowest BCUT2D eigenvalue weighted by atomic mass is 10.2. The number of carbonyl (C=O) groups is 1. The average molecular weight is 356 g/mol. The number of anilines is 1. The molecule has 1 amide bonds. The fourth-order valence-electron chi connectivity index (χ4n) is 1.59. The highest BCUT2D eigenvalue weighted by molar-refractivity contribution is 9.10. The molecule has 0 radical (unpaired) electrons. The number of carbonyl (C=O) groups excluding carboxylic acids is 1. The second-order valence-electron chi connectivity index (χ2n) is 3.87. The van der Waals surface area contributed by atoms with Crippen LogP contribution in [0.15, 0.2) is 41.0 Å². The third-order valence-corrected chi connectivity index (χ3v) is 3.40. The zero-order valence-corrected chi connectivity index (χ0v) is 13.0. The standard InChI is InChI=1S/C14H12BrClN2O2/c1-2-20-12-6-5-9(8-11(12)16)18-14(19)13-10(15)4-3-7-17-13/h3-8H,2H2,1H3,(H,18,19). The van der Waals surface area contributed by atoms with Crippen molar-refractivity contribution in [2.24, 2.45) is 0 Å². The zero-order chi connectivity index (χ0) is 14.5. The van der Waals surface area contributed by atoms with Crippen LogP contribution >= 0.6 is 27.5 Å². The minimum Gasteiger partial charge on any atom is -0.492 e. The monoisotopic (exact) mass is 354 g/mol. The van der Waals surface area contributed by atoms with Gasteiger partial charge in [-0.15, -0.1) is 0 Å². The molecule has 20 heavy (non-hydrogen) atoms. The Hall–Kier alpha value is -1.59. The molecule has 0 unspecified atom stereocenters. The van der Waals surface area contributed by atoms with Gasteiger partial charge in [-0.3, -0.25) is 4.79 Å². The van der Waals surface area contributed by atoms with E-state index in [2.05, 4.69) is 26.2 Å². The van der Waals surface area contributed by atoms with Gasteiger partial charge in [-0.2, -0.15) is 0 Å². The van der Waals surface area contributed by atoms with Gasteiger partial charge < -0.3 is 10.1 Å². The molecule has 0 aliphatic heterocycles. The number of nitrogens with zero attached hydrogens (tertiary/aromatic N) is 1. The Bertz CT molecular complexity index is 634. The molecule has 0 aliphatic carbocycles. The van der Waals surface area contributed by atoms with E-state index in [-0.39, 0.29) is 5.91 Å². The maximum Gasteiger partial charge on any atom is 0.275 e. The van der Waals surface area contributed by atoms with E-state index in [1.165, 1.54) is 0 Å². The van der Waals surface area contributed by atoms with Crippen LogP contribution < -0.4 is 10.1 Å². The van der Waals surface area contributed by atoms with E-state index in [1.54, 1.807) is 36.5 Å². The Morgan fingerprint density at radius 2 is 2.25 bits per heavy atom. The molecule has 0 spiro atoms. The van der Waals surface area contributed by atoms with E-state index in [0.717, 1.165) is 0 Å². The molecule has 1 aromatic heterocycles. The van der Waals surface area contributed by atoms with Gasteiger partial charge in [0.1, 0.15) is 11.4 Å². The molecule has 0 bridgehead atoms. The van der Waals surface area contributed by atoms with Crippen molar-refractivity contribution in [3.63, 3.8) is 0 Å². The van der Waals surface area contributed by atoms with E-state index in [0.29, 0.717) is 33.2 Å². The Balaban J connectivity index is 2.16. The molecule has 1 heterocycles. The summed E-state index contributed by atoms with van der Waals surface area (Å²) >= 11 is 9.36. The molecule has 6 heteroatoms.